The van der Waals surface area contributed by atoms with Crippen LogP contribution in [0.25, 0.3) is 0 Å². The monoisotopic (exact) mass is 343 g/mol. The summed E-state index contributed by atoms with van der Waals surface area (Å²) in [4.78, 5) is 23.2. The summed E-state index contributed by atoms with van der Waals surface area (Å²) in [6, 6.07) is 5.80. The number of nitrogens with one attached hydrogen (secondary N) is 1. The van der Waals surface area contributed by atoms with E-state index >= 15 is 0 Å². The minimum absolute atomic E-state index is 0.188. The number of hydrogen-bond donors (Lipinski definition) is 1. The highest BCUT2D eigenvalue weighted by Gasteiger charge is 2.16. The molecule has 0 saturated carbocycles. The molecule has 0 aliphatic heterocycles. The van der Waals surface area contributed by atoms with Crippen molar-refractivity contribution in [2.75, 3.05) is 11.9 Å². The molecule has 0 aliphatic rings. The molecule has 2 aromatic rings. The van der Waals surface area contributed by atoms with E-state index in [1.54, 1.807) is 0 Å². The Morgan fingerprint density at radius 2 is 1.78 bits per heavy atom. The molecule has 1 amide bonds. The molecule has 1 N–H and O–H groups in total. The Balaban J connectivity index is 1.96. The van der Waals surface area contributed by atoms with Crippen LogP contribution < -0.4 is 5.32 Å². The molecule has 2 rings (SSSR count). The molecular formula is C15H9ClF3NO3. The molecule has 23 heavy (non-hydrogen) atoms. The van der Waals surface area contributed by atoms with E-state index in [9.17, 15) is 22.8 Å². The Labute approximate surface area is 133 Å². The van der Waals surface area contributed by atoms with Crippen LogP contribution in [-0.2, 0) is 9.53 Å². The SMILES string of the molecule is O=C(COC(=O)c1ccc(F)cc1F)Nc1cc(Cl)ccc1F. The summed E-state index contributed by atoms with van der Waals surface area (Å²) in [7, 11) is 0. The molecule has 4 nitrogen and oxygen atoms in total. The fourth-order valence-electron chi connectivity index (χ4n) is 1.64. The number of hydrogen-bond acceptors (Lipinski definition) is 3. The maximum atomic E-state index is 13.4. The van der Waals surface area contributed by atoms with Gasteiger partial charge in [0.1, 0.15) is 17.5 Å². The molecule has 0 radical (unpaired) electrons. The average molecular weight is 344 g/mol. The smallest absolute Gasteiger partial charge is 0.341 e. The van der Waals surface area contributed by atoms with Gasteiger partial charge in [-0.1, -0.05) is 11.6 Å². The van der Waals surface area contributed by atoms with Gasteiger partial charge in [0.15, 0.2) is 6.61 Å². The van der Waals surface area contributed by atoms with E-state index in [1.165, 1.54) is 12.1 Å². The summed E-state index contributed by atoms with van der Waals surface area (Å²) in [6.07, 6.45) is 0. The molecule has 8 heteroatoms. The van der Waals surface area contributed by atoms with Gasteiger partial charge in [-0.25, -0.2) is 18.0 Å². The van der Waals surface area contributed by atoms with Gasteiger partial charge in [0.25, 0.3) is 5.91 Å². The largest absolute Gasteiger partial charge is 0.452 e. The van der Waals surface area contributed by atoms with E-state index in [0.717, 1.165) is 18.2 Å². The molecule has 120 valence electrons. The maximum Gasteiger partial charge on any atom is 0.341 e. The van der Waals surface area contributed by atoms with Crippen molar-refractivity contribution in [2.45, 2.75) is 0 Å². The predicted octanol–water partition coefficient (Wildman–Crippen LogP) is 3.55. The van der Waals surface area contributed by atoms with E-state index in [1.807, 2.05) is 0 Å². The van der Waals surface area contributed by atoms with Crippen molar-refractivity contribution >= 4 is 29.2 Å². The number of anilines is 1. The second-order valence-electron chi connectivity index (χ2n) is 4.37. The third-order valence-electron chi connectivity index (χ3n) is 2.69. The Morgan fingerprint density at radius 3 is 2.48 bits per heavy atom. The van der Waals surface area contributed by atoms with Crippen LogP contribution in [0.2, 0.25) is 5.02 Å². The topological polar surface area (TPSA) is 55.4 Å². The Morgan fingerprint density at radius 1 is 1.04 bits per heavy atom. The second kappa shape index (κ2) is 7.15. The second-order valence-corrected chi connectivity index (χ2v) is 4.81. The first-order valence-electron chi connectivity index (χ1n) is 6.24. The Bertz CT molecular complexity index is 768. The first-order valence-corrected chi connectivity index (χ1v) is 6.61. The Kier molecular flexibility index (Phi) is 5.23. The number of ether oxygens (including phenoxy) is 1. The molecule has 0 aromatic heterocycles. The van der Waals surface area contributed by atoms with Gasteiger partial charge in [0, 0.05) is 11.1 Å². The summed E-state index contributed by atoms with van der Waals surface area (Å²) in [6.45, 7) is -0.776. The van der Waals surface area contributed by atoms with Crippen LogP contribution >= 0.6 is 11.6 Å². The van der Waals surface area contributed by atoms with E-state index in [0.29, 0.717) is 6.07 Å². The fraction of sp³-hybridized carbons (Fsp3) is 0.0667. The quantitative estimate of drug-likeness (QED) is 0.864. The number of esters is 1. The van der Waals surface area contributed by atoms with Crippen molar-refractivity contribution in [3.8, 4) is 0 Å². The number of amides is 1. The summed E-state index contributed by atoms with van der Waals surface area (Å²) >= 11 is 5.66. The third kappa shape index (κ3) is 4.46. The third-order valence-corrected chi connectivity index (χ3v) is 2.92. The van der Waals surface area contributed by atoms with Crippen molar-refractivity contribution in [2.24, 2.45) is 0 Å². The normalized spacial score (nSPS) is 10.3. The van der Waals surface area contributed by atoms with Gasteiger partial charge in [-0.2, -0.15) is 0 Å². The van der Waals surface area contributed by atoms with Crippen molar-refractivity contribution in [1.82, 2.24) is 0 Å². The van der Waals surface area contributed by atoms with Gasteiger partial charge in [-0.05, 0) is 30.3 Å². The molecule has 0 bridgehead atoms. The first kappa shape index (κ1) is 16.8. The number of carbonyl (C=O) groups is 2. The molecule has 0 fully saturated rings. The zero-order valence-corrected chi connectivity index (χ0v) is 12.2. The lowest BCUT2D eigenvalue weighted by Crippen LogP contribution is -2.22. The Hall–Kier alpha value is -2.54. The fourth-order valence-corrected chi connectivity index (χ4v) is 1.82. The highest BCUT2D eigenvalue weighted by Crippen LogP contribution is 2.19. The van der Waals surface area contributed by atoms with Gasteiger partial charge in [-0.15, -0.1) is 0 Å². The number of halogens is 4. The van der Waals surface area contributed by atoms with Crippen LogP contribution in [0, 0.1) is 17.5 Å². The van der Waals surface area contributed by atoms with Gasteiger partial charge >= 0.3 is 5.97 Å². The minimum atomic E-state index is -1.15. The van der Waals surface area contributed by atoms with Crippen molar-refractivity contribution in [3.63, 3.8) is 0 Å². The molecule has 0 saturated heterocycles. The summed E-state index contributed by atoms with van der Waals surface area (Å²) < 4.78 is 44.1. The van der Waals surface area contributed by atoms with Gasteiger partial charge in [0.05, 0.1) is 11.3 Å². The molecule has 2 aromatic carbocycles. The summed E-state index contributed by atoms with van der Waals surface area (Å²) in [5, 5.41) is 2.35. The first-order chi connectivity index (χ1) is 10.9. The maximum absolute atomic E-state index is 13.4. The van der Waals surface area contributed by atoms with Crippen LogP contribution in [0.5, 0.6) is 0 Å². The lowest BCUT2D eigenvalue weighted by molar-refractivity contribution is -0.119. The molecule has 0 aliphatic carbocycles. The van der Waals surface area contributed by atoms with Crippen molar-refractivity contribution in [3.05, 3.63) is 64.4 Å². The molecule has 0 heterocycles. The number of carbonyl (C=O) groups excluding carboxylic acids is 2. The number of rotatable bonds is 4. The summed E-state index contributed by atoms with van der Waals surface area (Å²) in [5.41, 5.74) is -0.709. The minimum Gasteiger partial charge on any atom is -0.452 e. The van der Waals surface area contributed by atoms with Crippen LogP contribution in [0.4, 0.5) is 18.9 Å². The van der Waals surface area contributed by atoms with Crippen LogP contribution in [0.15, 0.2) is 36.4 Å². The summed E-state index contributed by atoms with van der Waals surface area (Å²) in [5.74, 6) is -4.69. The lowest BCUT2D eigenvalue weighted by atomic mass is 10.2. The van der Waals surface area contributed by atoms with Crippen LogP contribution in [0.1, 0.15) is 10.4 Å². The highest BCUT2D eigenvalue weighted by molar-refractivity contribution is 6.30. The highest BCUT2D eigenvalue weighted by atomic mass is 35.5. The molecule has 0 atom stereocenters. The van der Waals surface area contributed by atoms with Crippen LogP contribution in [-0.4, -0.2) is 18.5 Å². The molecular weight excluding hydrogens is 335 g/mol. The van der Waals surface area contributed by atoms with E-state index in [2.05, 4.69) is 10.1 Å². The van der Waals surface area contributed by atoms with Crippen molar-refractivity contribution < 1.29 is 27.5 Å². The zero-order chi connectivity index (χ0) is 17.0. The number of benzene rings is 2. The predicted molar refractivity (Wildman–Crippen MR) is 76.7 cm³/mol. The van der Waals surface area contributed by atoms with Crippen LogP contribution in [0.3, 0.4) is 0 Å². The lowest BCUT2D eigenvalue weighted by Gasteiger charge is -2.08. The van der Waals surface area contributed by atoms with E-state index in [4.69, 9.17) is 11.6 Å². The molecule has 0 unspecified atom stereocenters. The average Bonchev–Trinajstić information content (AvgIpc) is 2.48. The van der Waals surface area contributed by atoms with Crippen molar-refractivity contribution in [1.29, 1.82) is 0 Å². The van der Waals surface area contributed by atoms with E-state index < -0.39 is 41.5 Å². The van der Waals surface area contributed by atoms with E-state index in [-0.39, 0.29) is 10.7 Å². The van der Waals surface area contributed by atoms with Gasteiger partial charge in [-0.3, -0.25) is 4.79 Å². The van der Waals surface area contributed by atoms with Gasteiger partial charge in [0.2, 0.25) is 0 Å². The standard InChI is InChI=1S/C15H9ClF3NO3/c16-8-1-4-11(18)13(5-8)20-14(21)7-23-15(22)10-3-2-9(17)6-12(10)19/h1-6H,7H2,(H,20,21). The zero-order valence-electron chi connectivity index (χ0n) is 11.4. The molecule has 0 spiro atoms. The van der Waals surface area contributed by atoms with Gasteiger partial charge < -0.3 is 10.1 Å².